The minimum absolute atomic E-state index is 0. The van der Waals surface area contributed by atoms with Crippen LogP contribution < -0.4 is 10.2 Å². The van der Waals surface area contributed by atoms with Gasteiger partial charge >= 0.3 is 16.8 Å². The Morgan fingerprint density at radius 3 is 1.25 bits per heavy atom. The molecule has 3 rings (SSSR count). The SMILES string of the molecule is CC(=O)[O-].CC(=O)[O-].CCC(C)c1cc(C=NC2CCC(N=Cc3cc(C(C)CC)cc(C(C)CC)c3O)C2)c(O)c(C(C)CC)c1.[Co+2]. The number of phenolic OH excluding ortho intramolecular Hbond substituents is 2. The number of benzene rings is 2. The number of aliphatic carboxylic acids is 2. The van der Waals surface area contributed by atoms with Crippen molar-refractivity contribution in [2.24, 2.45) is 9.98 Å². The van der Waals surface area contributed by atoms with Crippen molar-refractivity contribution < 1.29 is 46.8 Å². The van der Waals surface area contributed by atoms with Gasteiger partial charge in [0.15, 0.2) is 0 Å². The van der Waals surface area contributed by atoms with E-state index in [1.54, 1.807) is 0 Å². The summed E-state index contributed by atoms with van der Waals surface area (Å²) in [6, 6.07) is 9.00. The number of nitrogens with zero attached hydrogens (tertiary/aromatic N) is 2. The summed E-state index contributed by atoms with van der Waals surface area (Å²) < 4.78 is 0. The maximum atomic E-state index is 11.1. The smallest absolute Gasteiger partial charge is 0.550 e. The molecular formula is C39H58CoN2O6. The van der Waals surface area contributed by atoms with Crippen molar-refractivity contribution >= 4 is 24.4 Å². The third kappa shape index (κ3) is 14.5. The van der Waals surface area contributed by atoms with Crippen molar-refractivity contribution in [3.05, 3.63) is 57.6 Å². The zero-order valence-electron chi connectivity index (χ0n) is 30.6. The molecule has 0 amide bonds. The minimum Gasteiger partial charge on any atom is -0.550 e. The number of hydrogen-bond acceptors (Lipinski definition) is 8. The summed E-state index contributed by atoms with van der Waals surface area (Å²) in [7, 11) is 0. The van der Waals surface area contributed by atoms with Crippen molar-refractivity contribution in [3.63, 3.8) is 0 Å². The summed E-state index contributed by atoms with van der Waals surface area (Å²) in [6.07, 6.45) is 10.8. The average molecular weight is 710 g/mol. The molecule has 0 spiro atoms. The Morgan fingerprint density at radius 2 is 0.979 bits per heavy atom. The molecule has 0 bridgehead atoms. The number of phenols is 2. The van der Waals surface area contributed by atoms with Gasteiger partial charge < -0.3 is 30.0 Å². The molecule has 1 aliphatic rings. The largest absolute Gasteiger partial charge is 2.00 e. The molecule has 6 atom stereocenters. The quantitative estimate of drug-likeness (QED) is 0.225. The predicted octanol–water partition coefficient (Wildman–Crippen LogP) is 7.12. The third-order valence-corrected chi connectivity index (χ3v) is 9.26. The fourth-order valence-corrected chi connectivity index (χ4v) is 5.41. The van der Waals surface area contributed by atoms with Gasteiger partial charge in [0.1, 0.15) is 11.5 Å². The normalized spacial score (nSPS) is 18.1. The van der Waals surface area contributed by atoms with Crippen LogP contribution in [0, 0.1) is 0 Å². The van der Waals surface area contributed by atoms with Gasteiger partial charge in [-0.25, -0.2) is 0 Å². The second-order valence-electron chi connectivity index (χ2n) is 13.0. The Labute approximate surface area is 299 Å². The van der Waals surface area contributed by atoms with Crippen molar-refractivity contribution in [1.29, 1.82) is 0 Å². The molecule has 9 heteroatoms. The number of hydrogen-bond donors (Lipinski definition) is 2. The van der Waals surface area contributed by atoms with E-state index in [-0.39, 0.29) is 28.9 Å². The average Bonchev–Trinajstić information content (AvgIpc) is 3.49. The molecule has 48 heavy (non-hydrogen) atoms. The fraction of sp³-hybridized carbons (Fsp3) is 0.590. The van der Waals surface area contributed by atoms with Crippen LogP contribution in [0.4, 0.5) is 0 Å². The summed E-state index contributed by atoms with van der Waals surface area (Å²) in [5.74, 6) is 0.0939. The third-order valence-electron chi connectivity index (χ3n) is 9.26. The zero-order valence-corrected chi connectivity index (χ0v) is 31.7. The van der Waals surface area contributed by atoms with Gasteiger partial charge in [-0.05, 0) is 117 Å². The monoisotopic (exact) mass is 709 g/mol. The Morgan fingerprint density at radius 1 is 0.688 bits per heavy atom. The molecule has 2 aromatic rings. The maximum Gasteiger partial charge on any atom is 2.00 e. The number of carboxylic acid groups (broad SMARTS) is 2. The first-order valence-corrected chi connectivity index (χ1v) is 17.2. The number of carbonyl (C=O) groups excluding carboxylic acids is 2. The second-order valence-corrected chi connectivity index (χ2v) is 13.0. The summed E-state index contributed by atoms with van der Waals surface area (Å²) in [6.45, 7) is 19.5. The molecule has 2 N–H and O–H groups in total. The van der Waals surface area contributed by atoms with E-state index < -0.39 is 11.9 Å². The number of carbonyl (C=O) groups is 2. The molecule has 1 saturated carbocycles. The minimum atomic E-state index is -1.08. The van der Waals surface area contributed by atoms with Crippen LogP contribution in [-0.2, 0) is 26.4 Å². The molecule has 8 nitrogen and oxygen atoms in total. The summed E-state index contributed by atoms with van der Waals surface area (Å²) in [5.41, 5.74) is 6.27. The molecule has 1 aliphatic carbocycles. The summed E-state index contributed by atoms with van der Waals surface area (Å²) >= 11 is 0. The first kappa shape index (κ1) is 44.8. The molecule has 1 radical (unpaired) electrons. The Bertz CT molecular complexity index is 1250. The molecule has 0 aromatic heterocycles. The van der Waals surface area contributed by atoms with Gasteiger partial charge in [-0.3, -0.25) is 9.98 Å². The Hall–Kier alpha value is -3.17. The molecule has 0 heterocycles. The molecule has 2 aromatic carbocycles. The van der Waals surface area contributed by atoms with Crippen molar-refractivity contribution in [3.8, 4) is 11.5 Å². The number of carboxylic acids is 2. The molecule has 1 fully saturated rings. The maximum absolute atomic E-state index is 11.1. The molecular weight excluding hydrogens is 651 g/mol. The van der Waals surface area contributed by atoms with Gasteiger partial charge in [-0.15, -0.1) is 0 Å². The predicted molar refractivity (Wildman–Crippen MR) is 189 cm³/mol. The Kier molecular flexibility index (Phi) is 21.0. The number of rotatable bonds is 12. The number of aliphatic imine (C=N–C) groups is 2. The standard InChI is InChI=1S/C35H52N2O2.2C2H4O2.Co/c1-9-22(5)26-15-28(34(38)32(17-26)24(7)11-3)20-36-30-13-14-31(19-30)37-21-29-16-27(23(6)10-2)18-33(35(29)39)25(8)12-4;2*1-2(3)4;/h15-18,20-25,30-31,38-39H,9-14,19H2,1-8H3;2*1H3,(H,3,4);/q;;;+2/p-2. The van der Waals surface area contributed by atoms with Crippen LogP contribution in [0.25, 0.3) is 0 Å². The van der Waals surface area contributed by atoms with Crippen LogP contribution in [0.5, 0.6) is 11.5 Å². The van der Waals surface area contributed by atoms with Gasteiger partial charge in [0.2, 0.25) is 0 Å². The van der Waals surface area contributed by atoms with Gasteiger partial charge in [-0.2, -0.15) is 0 Å². The van der Waals surface area contributed by atoms with E-state index in [2.05, 4.69) is 79.7 Å². The van der Waals surface area contributed by atoms with Crippen LogP contribution in [0.3, 0.4) is 0 Å². The van der Waals surface area contributed by atoms with E-state index in [4.69, 9.17) is 29.8 Å². The van der Waals surface area contributed by atoms with Crippen molar-refractivity contribution in [2.75, 3.05) is 0 Å². The van der Waals surface area contributed by atoms with Gasteiger partial charge in [0.05, 0.1) is 12.1 Å². The molecule has 0 saturated heterocycles. The first-order chi connectivity index (χ1) is 22.1. The van der Waals surface area contributed by atoms with E-state index in [0.717, 1.165) is 81.0 Å². The molecule has 6 unspecified atom stereocenters. The van der Waals surface area contributed by atoms with E-state index in [1.807, 2.05) is 12.4 Å². The second kappa shape index (κ2) is 22.5. The fourth-order valence-electron chi connectivity index (χ4n) is 5.41. The summed E-state index contributed by atoms with van der Waals surface area (Å²) in [4.78, 5) is 27.6. The van der Waals surface area contributed by atoms with Crippen molar-refractivity contribution in [1.82, 2.24) is 0 Å². The van der Waals surface area contributed by atoms with E-state index >= 15 is 0 Å². The molecule has 269 valence electrons. The van der Waals surface area contributed by atoms with Crippen LogP contribution in [-0.4, -0.2) is 46.7 Å². The van der Waals surface area contributed by atoms with Crippen LogP contribution >= 0.6 is 0 Å². The zero-order chi connectivity index (χ0) is 35.8. The van der Waals surface area contributed by atoms with Crippen molar-refractivity contribution in [2.45, 2.75) is 150 Å². The van der Waals surface area contributed by atoms with E-state index in [0.29, 0.717) is 35.2 Å². The summed E-state index contributed by atoms with van der Waals surface area (Å²) in [5, 5.41) is 39.9. The van der Waals surface area contributed by atoms with Gasteiger partial charge in [0.25, 0.3) is 0 Å². The van der Waals surface area contributed by atoms with E-state index in [9.17, 15) is 10.2 Å². The van der Waals surface area contributed by atoms with Gasteiger partial charge in [0, 0.05) is 35.5 Å². The Balaban J connectivity index is 0.00000221. The van der Waals surface area contributed by atoms with Gasteiger partial charge in [-0.1, -0.05) is 67.5 Å². The van der Waals surface area contributed by atoms with Crippen LogP contribution in [0.1, 0.15) is 171 Å². The van der Waals surface area contributed by atoms with Crippen LogP contribution in [0.15, 0.2) is 34.3 Å². The van der Waals surface area contributed by atoms with E-state index in [1.165, 1.54) is 11.1 Å². The topological polar surface area (TPSA) is 145 Å². The first-order valence-electron chi connectivity index (χ1n) is 17.2. The number of aromatic hydroxyl groups is 2. The van der Waals surface area contributed by atoms with Crippen LogP contribution in [0.2, 0.25) is 0 Å². The molecule has 0 aliphatic heterocycles.